The number of ether oxygens (including phenoxy) is 1. The van der Waals surface area contributed by atoms with Crippen LogP contribution in [-0.2, 0) is 9.53 Å². The summed E-state index contributed by atoms with van der Waals surface area (Å²) in [5.74, 6) is -0.0507. The van der Waals surface area contributed by atoms with Gasteiger partial charge in [-0.25, -0.2) is 0 Å². The minimum absolute atomic E-state index is 0. The van der Waals surface area contributed by atoms with Crippen LogP contribution in [0.15, 0.2) is 0 Å². The topological polar surface area (TPSA) is 49.8 Å². The molecule has 1 rings (SSSR count). The standard InChI is InChI=1S/C13H25NO3.ClH/c1-4-12(13(15)16)14-7-5-11(9-14)17-8-6-10(2)3;/h10-12H,4-9H2,1-3H3,(H,15,16);1H. The van der Waals surface area contributed by atoms with Crippen molar-refractivity contribution in [3.8, 4) is 0 Å². The monoisotopic (exact) mass is 279 g/mol. The van der Waals surface area contributed by atoms with Crippen molar-refractivity contribution in [2.45, 2.75) is 52.2 Å². The molecule has 5 heteroatoms. The Hall–Kier alpha value is -0.320. The molecule has 2 atom stereocenters. The first-order valence-electron chi connectivity index (χ1n) is 6.63. The van der Waals surface area contributed by atoms with E-state index in [1.807, 2.05) is 11.8 Å². The van der Waals surface area contributed by atoms with Gasteiger partial charge >= 0.3 is 5.97 Å². The third-order valence-electron chi connectivity index (χ3n) is 3.34. The van der Waals surface area contributed by atoms with Crippen LogP contribution in [0.25, 0.3) is 0 Å². The highest BCUT2D eigenvalue weighted by atomic mass is 35.5. The van der Waals surface area contributed by atoms with E-state index in [0.717, 1.165) is 32.5 Å². The molecule has 1 fully saturated rings. The molecule has 4 nitrogen and oxygen atoms in total. The molecule has 0 bridgehead atoms. The van der Waals surface area contributed by atoms with Gasteiger partial charge in [0, 0.05) is 19.7 Å². The van der Waals surface area contributed by atoms with Crippen LogP contribution in [0.1, 0.15) is 40.0 Å². The number of nitrogens with zero attached hydrogens (tertiary/aromatic N) is 1. The minimum atomic E-state index is -0.713. The van der Waals surface area contributed by atoms with Gasteiger partial charge in [0.15, 0.2) is 0 Å². The van der Waals surface area contributed by atoms with Gasteiger partial charge in [-0.1, -0.05) is 20.8 Å². The van der Waals surface area contributed by atoms with E-state index < -0.39 is 5.97 Å². The minimum Gasteiger partial charge on any atom is -0.480 e. The number of carboxylic acid groups (broad SMARTS) is 1. The van der Waals surface area contributed by atoms with E-state index in [4.69, 9.17) is 9.84 Å². The summed E-state index contributed by atoms with van der Waals surface area (Å²) in [6.45, 7) is 8.69. The summed E-state index contributed by atoms with van der Waals surface area (Å²) in [6.07, 6.45) is 2.92. The molecule has 0 aliphatic carbocycles. The van der Waals surface area contributed by atoms with E-state index in [9.17, 15) is 4.79 Å². The molecule has 0 amide bonds. The fraction of sp³-hybridized carbons (Fsp3) is 0.923. The van der Waals surface area contributed by atoms with Gasteiger partial charge < -0.3 is 9.84 Å². The van der Waals surface area contributed by atoms with Gasteiger partial charge in [-0.15, -0.1) is 12.4 Å². The molecule has 2 unspecified atom stereocenters. The maximum Gasteiger partial charge on any atom is 0.320 e. The van der Waals surface area contributed by atoms with Crippen molar-refractivity contribution in [2.75, 3.05) is 19.7 Å². The summed E-state index contributed by atoms with van der Waals surface area (Å²) in [5.41, 5.74) is 0. The number of rotatable bonds is 7. The molecule has 0 aromatic carbocycles. The average Bonchev–Trinajstić information content (AvgIpc) is 2.66. The second-order valence-electron chi connectivity index (χ2n) is 5.22. The van der Waals surface area contributed by atoms with E-state index >= 15 is 0 Å². The lowest BCUT2D eigenvalue weighted by Crippen LogP contribution is -2.39. The van der Waals surface area contributed by atoms with Crippen LogP contribution in [0, 0.1) is 5.92 Å². The molecule has 1 N–H and O–H groups in total. The molecule has 1 aliphatic heterocycles. The number of carboxylic acids is 1. The maximum atomic E-state index is 11.0. The highest BCUT2D eigenvalue weighted by Crippen LogP contribution is 2.18. The Morgan fingerprint density at radius 2 is 2.17 bits per heavy atom. The average molecular weight is 280 g/mol. The van der Waals surface area contributed by atoms with Crippen molar-refractivity contribution >= 4 is 18.4 Å². The van der Waals surface area contributed by atoms with Crippen molar-refractivity contribution in [3.63, 3.8) is 0 Å². The molecular weight excluding hydrogens is 254 g/mol. The highest BCUT2D eigenvalue weighted by molar-refractivity contribution is 5.85. The fourth-order valence-electron chi connectivity index (χ4n) is 2.23. The van der Waals surface area contributed by atoms with Gasteiger partial charge in [0.05, 0.1) is 6.10 Å². The summed E-state index contributed by atoms with van der Waals surface area (Å²) in [5, 5.41) is 9.09. The van der Waals surface area contributed by atoms with Crippen molar-refractivity contribution in [1.82, 2.24) is 4.90 Å². The van der Waals surface area contributed by atoms with Crippen molar-refractivity contribution in [1.29, 1.82) is 0 Å². The fourth-order valence-corrected chi connectivity index (χ4v) is 2.23. The molecule has 0 aromatic rings. The zero-order chi connectivity index (χ0) is 12.8. The second-order valence-corrected chi connectivity index (χ2v) is 5.22. The molecule has 1 heterocycles. The van der Waals surface area contributed by atoms with E-state index in [-0.39, 0.29) is 24.6 Å². The molecule has 0 radical (unpaired) electrons. The van der Waals surface area contributed by atoms with Crippen molar-refractivity contribution < 1.29 is 14.6 Å². The molecule has 108 valence electrons. The second kappa shape index (κ2) is 8.73. The van der Waals surface area contributed by atoms with Gasteiger partial charge in [0.25, 0.3) is 0 Å². The summed E-state index contributed by atoms with van der Waals surface area (Å²) >= 11 is 0. The zero-order valence-electron chi connectivity index (χ0n) is 11.6. The molecule has 0 aromatic heterocycles. The molecule has 18 heavy (non-hydrogen) atoms. The Morgan fingerprint density at radius 3 is 2.67 bits per heavy atom. The van der Waals surface area contributed by atoms with Crippen LogP contribution in [0.4, 0.5) is 0 Å². The van der Waals surface area contributed by atoms with Gasteiger partial charge in [-0.3, -0.25) is 9.69 Å². The maximum absolute atomic E-state index is 11.0. The van der Waals surface area contributed by atoms with E-state index in [2.05, 4.69) is 13.8 Å². The van der Waals surface area contributed by atoms with Gasteiger partial charge in [0.1, 0.15) is 6.04 Å². The number of halogens is 1. The summed E-state index contributed by atoms with van der Waals surface area (Å²) in [6, 6.07) is -0.339. The van der Waals surface area contributed by atoms with Crippen molar-refractivity contribution in [2.24, 2.45) is 5.92 Å². The lowest BCUT2D eigenvalue weighted by atomic mass is 10.1. The quantitative estimate of drug-likeness (QED) is 0.777. The van der Waals surface area contributed by atoms with E-state index in [1.165, 1.54) is 0 Å². The molecule has 0 spiro atoms. The summed E-state index contributed by atoms with van der Waals surface area (Å²) in [4.78, 5) is 13.1. The zero-order valence-corrected chi connectivity index (χ0v) is 12.4. The summed E-state index contributed by atoms with van der Waals surface area (Å²) in [7, 11) is 0. The lowest BCUT2D eigenvalue weighted by Gasteiger charge is -2.22. The molecular formula is C13H26ClNO3. The first-order valence-corrected chi connectivity index (χ1v) is 6.63. The highest BCUT2D eigenvalue weighted by Gasteiger charge is 2.31. The predicted octanol–water partition coefficient (Wildman–Crippen LogP) is 2.41. The number of aliphatic carboxylic acids is 1. The van der Waals surface area contributed by atoms with E-state index in [0.29, 0.717) is 12.3 Å². The number of hydrogen-bond acceptors (Lipinski definition) is 3. The van der Waals surface area contributed by atoms with E-state index in [1.54, 1.807) is 0 Å². The van der Waals surface area contributed by atoms with Crippen LogP contribution < -0.4 is 0 Å². The van der Waals surface area contributed by atoms with Crippen LogP contribution in [0.2, 0.25) is 0 Å². The van der Waals surface area contributed by atoms with Crippen LogP contribution in [-0.4, -0.2) is 47.8 Å². The molecule has 1 aliphatic rings. The van der Waals surface area contributed by atoms with Crippen LogP contribution in [0.5, 0.6) is 0 Å². The largest absolute Gasteiger partial charge is 0.480 e. The Bertz CT molecular complexity index is 248. The predicted molar refractivity (Wildman–Crippen MR) is 74.3 cm³/mol. The Balaban J connectivity index is 0.00000289. The molecule has 1 saturated heterocycles. The Kier molecular flexibility index (Phi) is 8.57. The van der Waals surface area contributed by atoms with Crippen LogP contribution >= 0.6 is 12.4 Å². The number of hydrogen-bond donors (Lipinski definition) is 1. The summed E-state index contributed by atoms with van der Waals surface area (Å²) < 4.78 is 5.78. The van der Waals surface area contributed by atoms with Crippen molar-refractivity contribution in [3.05, 3.63) is 0 Å². The normalized spacial score (nSPS) is 21.9. The lowest BCUT2D eigenvalue weighted by molar-refractivity contribution is -0.143. The SMILES string of the molecule is CCC(C(=O)O)N1CCC(OCCC(C)C)C1.Cl. The van der Waals surface area contributed by atoms with Gasteiger partial charge in [-0.05, 0) is 25.2 Å². The van der Waals surface area contributed by atoms with Crippen LogP contribution in [0.3, 0.4) is 0 Å². The van der Waals surface area contributed by atoms with Gasteiger partial charge in [-0.2, -0.15) is 0 Å². The first kappa shape index (κ1) is 17.7. The number of carbonyl (C=O) groups is 1. The molecule has 0 saturated carbocycles. The Labute approximate surface area is 116 Å². The number of likely N-dealkylation sites (tertiary alicyclic amines) is 1. The smallest absolute Gasteiger partial charge is 0.320 e. The Morgan fingerprint density at radius 1 is 1.50 bits per heavy atom. The third-order valence-corrected chi connectivity index (χ3v) is 3.34. The third kappa shape index (κ3) is 5.55. The van der Waals surface area contributed by atoms with Gasteiger partial charge in [0.2, 0.25) is 0 Å². The first-order chi connectivity index (χ1) is 8.04.